The molecule has 27 heavy (non-hydrogen) atoms. The van der Waals surface area contributed by atoms with Crippen molar-refractivity contribution in [3.63, 3.8) is 0 Å². The summed E-state index contributed by atoms with van der Waals surface area (Å²) in [7, 11) is 2.09. The normalized spacial score (nSPS) is 15.7. The summed E-state index contributed by atoms with van der Waals surface area (Å²) in [6, 6.07) is 10.2. The topological polar surface area (TPSA) is 35.6 Å². The summed E-state index contributed by atoms with van der Waals surface area (Å²) >= 11 is 0. The quantitative estimate of drug-likeness (QED) is 0.878. The first kappa shape index (κ1) is 19.2. The molecule has 0 atom stereocenters. The second kappa shape index (κ2) is 7.60. The molecule has 0 aliphatic carbocycles. The van der Waals surface area contributed by atoms with Crippen molar-refractivity contribution in [1.82, 2.24) is 4.90 Å². The molecule has 4 nitrogen and oxygen atoms in total. The first-order valence-electron chi connectivity index (χ1n) is 8.77. The molecule has 0 radical (unpaired) electrons. The number of halogens is 3. The molecule has 1 saturated heterocycles. The molecular weight excluding hydrogens is 355 g/mol. The molecule has 1 aliphatic heterocycles. The zero-order valence-electron chi connectivity index (χ0n) is 15.3. The minimum absolute atomic E-state index is 0.0210. The van der Waals surface area contributed by atoms with Gasteiger partial charge >= 0.3 is 6.18 Å². The number of carbonyl (C=O) groups is 1. The monoisotopic (exact) mass is 377 g/mol. The molecule has 0 bridgehead atoms. The number of hydrogen-bond acceptors (Lipinski definition) is 3. The number of alkyl halides is 3. The fourth-order valence-electron chi connectivity index (χ4n) is 3.08. The van der Waals surface area contributed by atoms with Crippen LogP contribution in [0.5, 0.6) is 0 Å². The van der Waals surface area contributed by atoms with Gasteiger partial charge in [-0.05, 0) is 55.9 Å². The third-order valence-electron chi connectivity index (χ3n) is 4.78. The highest BCUT2D eigenvalue weighted by Gasteiger charge is 2.30. The van der Waals surface area contributed by atoms with E-state index in [0.29, 0.717) is 5.69 Å². The first-order valence-corrected chi connectivity index (χ1v) is 8.77. The van der Waals surface area contributed by atoms with Crippen LogP contribution in [0.1, 0.15) is 21.5 Å². The molecule has 1 amide bonds. The van der Waals surface area contributed by atoms with Crippen LogP contribution in [0.2, 0.25) is 0 Å². The zero-order chi connectivity index (χ0) is 19.6. The average Bonchev–Trinajstić information content (AvgIpc) is 2.63. The summed E-state index contributed by atoms with van der Waals surface area (Å²) in [5.41, 5.74) is 1.68. The summed E-state index contributed by atoms with van der Waals surface area (Å²) in [6.07, 6.45) is -4.48. The van der Waals surface area contributed by atoms with E-state index in [1.54, 1.807) is 6.07 Å². The predicted octanol–water partition coefficient (Wildman–Crippen LogP) is 4.02. The Balaban J connectivity index is 1.73. The van der Waals surface area contributed by atoms with Crippen molar-refractivity contribution >= 4 is 17.3 Å². The van der Waals surface area contributed by atoms with Gasteiger partial charge in [-0.2, -0.15) is 13.2 Å². The summed E-state index contributed by atoms with van der Waals surface area (Å²) in [5.74, 6) is -0.559. The van der Waals surface area contributed by atoms with E-state index in [9.17, 15) is 18.0 Å². The Hall–Kier alpha value is -2.54. The van der Waals surface area contributed by atoms with Gasteiger partial charge in [0.2, 0.25) is 0 Å². The molecule has 1 aliphatic rings. The number of anilines is 2. The van der Waals surface area contributed by atoms with Crippen LogP contribution in [0.4, 0.5) is 24.5 Å². The fourth-order valence-corrected chi connectivity index (χ4v) is 3.08. The van der Waals surface area contributed by atoms with E-state index >= 15 is 0 Å². The molecule has 0 unspecified atom stereocenters. The summed E-state index contributed by atoms with van der Waals surface area (Å²) in [4.78, 5) is 16.9. The molecule has 2 aromatic carbocycles. The van der Waals surface area contributed by atoms with Gasteiger partial charge in [0.25, 0.3) is 5.91 Å². The first-order chi connectivity index (χ1) is 12.7. The number of likely N-dealkylation sites (N-methyl/N-ethyl adjacent to an activating group) is 1. The largest absolute Gasteiger partial charge is 0.416 e. The number of hydrogen-bond donors (Lipinski definition) is 1. The van der Waals surface area contributed by atoms with Crippen molar-refractivity contribution in [3.8, 4) is 0 Å². The number of amides is 1. The molecule has 1 N–H and O–H groups in total. The van der Waals surface area contributed by atoms with Crippen LogP contribution >= 0.6 is 0 Å². The molecule has 144 valence electrons. The summed E-state index contributed by atoms with van der Waals surface area (Å²) in [5, 5.41) is 2.71. The molecule has 1 fully saturated rings. The molecule has 3 rings (SSSR count). The highest BCUT2D eigenvalue weighted by atomic mass is 19.4. The Labute approximate surface area is 156 Å². The van der Waals surface area contributed by atoms with E-state index in [1.807, 2.05) is 19.1 Å². The number of benzene rings is 2. The average molecular weight is 377 g/mol. The van der Waals surface area contributed by atoms with Crippen LogP contribution in [-0.2, 0) is 6.18 Å². The van der Waals surface area contributed by atoms with E-state index in [1.165, 1.54) is 12.1 Å². The molecule has 0 saturated carbocycles. The predicted molar refractivity (Wildman–Crippen MR) is 100 cm³/mol. The molecule has 1 heterocycles. The smallest absolute Gasteiger partial charge is 0.369 e. The lowest BCUT2D eigenvalue weighted by Crippen LogP contribution is -2.44. The van der Waals surface area contributed by atoms with Crippen LogP contribution < -0.4 is 10.2 Å². The van der Waals surface area contributed by atoms with Gasteiger partial charge in [0.15, 0.2) is 0 Å². The van der Waals surface area contributed by atoms with E-state index < -0.39 is 17.6 Å². The van der Waals surface area contributed by atoms with Crippen LogP contribution in [0.3, 0.4) is 0 Å². The van der Waals surface area contributed by atoms with Gasteiger partial charge in [0, 0.05) is 43.1 Å². The third-order valence-corrected chi connectivity index (χ3v) is 4.78. The van der Waals surface area contributed by atoms with Gasteiger partial charge in [-0.1, -0.05) is 6.07 Å². The standard InChI is InChI=1S/C20H22F3N3O/c1-14-12-17(26-10-8-25(2)9-11-26)6-7-18(14)24-19(27)15-4-3-5-16(13-15)20(21,22)23/h3-7,12-13H,8-11H2,1-2H3,(H,24,27). The van der Waals surface area contributed by atoms with Crippen molar-refractivity contribution in [1.29, 1.82) is 0 Å². The van der Waals surface area contributed by atoms with Crippen LogP contribution in [0.25, 0.3) is 0 Å². The second-order valence-corrected chi connectivity index (χ2v) is 6.82. The molecule has 0 spiro atoms. The van der Waals surface area contributed by atoms with Crippen LogP contribution in [-0.4, -0.2) is 44.0 Å². The van der Waals surface area contributed by atoms with Crippen molar-refractivity contribution in [2.45, 2.75) is 13.1 Å². The second-order valence-electron chi connectivity index (χ2n) is 6.82. The van der Waals surface area contributed by atoms with Gasteiger partial charge in [-0.25, -0.2) is 0 Å². The maximum absolute atomic E-state index is 12.8. The van der Waals surface area contributed by atoms with Gasteiger partial charge in [0.1, 0.15) is 0 Å². The Morgan fingerprint density at radius 2 is 1.74 bits per heavy atom. The molecular formula is C20H22F3N3O. The van der Waals surface area contributed by atoms with Crippen LogP contribution in [0, 0.1) is 6.92 Å². The highest BCUT2D eigenvalue weighted by Crippen LogP contribution is 2.30. The lowest BCUT2D eigenvalue weighted by molar-refractivity contribution is -0.137. The van der Waals surface area contributed by atoms with Crippen LogP contribution in [0.15, 0.2) is 42.5 Å². The minimum atomic E-state index is -4.48. The molecule has 7 heteroatoms. The summed E-state index contributed by atoms with van der Waals surface area (Å²) in [6.45, 7) is 5.74. The van der Waals surface area contributed by atoms with Crippen molar-refractivity contribution in [3.05, 3.63) is 59.2 Å². The van der Waals surface area contributed by atoms with E-state index in [4.69, 9.17) is 0 Å². The van der Waals surface area contributed by atoms with Gasteiger partial charge in [-0.3, -0.25) is 4.79 Å². The molecule has 2 aromatic rings. The number of nitrogens with one attached hydrogen (secondary N) is 1. The Morgan fingerprint density at radius 1 is 1.04 bits per heavy atom. The minimum Gasteiger partial charge on any atom is -0.369 e. The SMILES string of the molecule is Cc1cc(N2CCN(C)CC2)ccc1NC(=O)c1cccc(C(F)(F)F)c1. The Morgan fingerprint density at radius 3 is 2.37 bits per heavy atom. The number of nitrogens with zero attached hydrogens (tertiary/aromatic N) is 2. The Bertz CT molecular complexity index is 827. The number of piperazine rings is 1. The van der Waals surface area contributed by atoms with Crippen molar-refractivity contribution in [2.24, 2.45) is 0 Å². The van der Waals surface area contributed by atoms with Gasteiger partial charge < -0.3 is 15.1 Å². The third kappa shape index (κ3) is 4.60. The van der Waals surface area contributed by atoms with Gasteiger partial charge in [-0.15, -0.1) is 0 Å². The molecule has 0 aromatic heterocycles. The Kier molecular flexibility index (Phi) is 5.41. The fraction of sp³-hybridized carbons (Fsp3) is 0.350. The number of rotatable bonds is 3. The maximum atomic E-state index is 12.8. The maximum Gasteiger partial charge on any atom is 0.416 e. The number of aryl methyl sites for hydroxylation is 1. The number of carbonyl (C=O) groups excluding carboxylic acids is 1. The van der Waals surface area contributed by atoms with Crippen molar-refractivity contribution < 1.29 is 18.0 Å². The zero-order valence-corrected chi connectivity index (χ0v) is 15.3. The van der Waals surface area contributed by atoms with E-state index in [-0.39, 0.29) is 5.56 Å². The highest BCUT2D eigenvalue weighted by molar-refractivity contribution is 6.04. The lowest BCUT2D eigenvalue weighted by Gasteiger charge is -2.34. The lowest BCUT2D eigenvalue weighted by atomic mass is 10.1. The van der Waals surface area contributed by atoms with Gasteiger partial charge in [0.05, 0.1) is 5.56 Å². The van der Waals surface area contributed by atoms with E-state index in [0.717, 1.165) is 49.6 Å². The van der Waals surface area contributed by atoms with E-state index in [2.05, 4.69) is 22.2 Å². The van der Waals surface area contributed by atoms with Crippen molar-refractivity contribution in [2.75, 3.05) is 43.4 Å². The summed E-state index contributed by atoms with van der Waals surface area (Å²) < 4.78 is 38.5.